The fourth-order valence-corrected chi connectivity index (χ4v) is 6.48. The van der Waals surface area contributed by atoms with Crippen LogP contribution in [0.5, 0.6) is 5.75 Å². The molecule has 2 atom stereocenters. The standard InChI is InChI=1S/C32H34N8O6S/c1-2-15-38-21-29(41)39-27(16-22-11-13-26(14-12-22)46-47(33,44)45)31(42)37(19-25-10-6-9-24-18-35-36-30(24)25)20-28(39)40(38)32(43)34-17-23-7-4-3-5-8-23/h2-14,18,27-28H,1,15-17,19-21H2,(H,34,43)(H,35,36)(H2,33,44,45)/t27-,28-/m0/s1. The third-order valence-electron chi connectivity index (χ3n) is 8.15. The van der Waals surface area contributed by atoms with Crippen molar-refractivity contribution in [1.29, 1.82) is 0 Å². The van der Waals surface area contributed by atoms with Crippen molar-refractivity contribution in [2.75, 3.05) is 19.6 Å². The molecule has 3 aromatic carbocycles. The Morgan fingerprint density at radius 2 is 1.83 bits per heavy atom. The summed E-state index contributed by atoms with van der Waals surface area (Å²) in [5.74, 6) is -0.599. The van der Waals surface area contributed by atoms with Crippen molar-refractivity contribution in [2.24, 2.45) is 5.14 Å². The highest BCUT2D eigenvalue weighted by Gasteiger charge is 2.51. The van der Waals surface area contributed by atoms with Crippen LogP contribution >= 0.6 is 0 Å². The highest BCUT2D eigenvalue weighted by Crippen LogP contribution is 2.30. The first-order valence-electron chi connectivity index (χ1n) is 14.9. The van der Waals surface area contributed by atoms with Gasteiger partial charge >= 0.3 is 16.3 Å². The summed E-state index contributed by atoms with van der Waals surface area (Å²) in [5, 5.41) is 19.2. The van der Waals surface area contributed by atoms with Crippen LogP contribution in [0.15, 0.2) is 91.6 Å². The molecule has 3 heterocycles. The van der Waals surface area contributed by atoms with Gasteiger partial charge in [0.15, 0.2) is 0 Å². The molecule has 2 fully saturated rings. The van der Waals surface area contributed by atoms with E-state index in [2.05, 4.69) is 22.1 Å². The molecule has 0 aliphatic carbocycles. The Balaban J connectivity index is 1.35. The highest BCUT2D eigenvalue weighted by atomic mass is 32.2. The predicted octanol–water partition coefficient (Wildman–Crippen LogP) is 1.88. The number of H-pyrrole nitrogens is 1. The number of aromatic amines is 1. The first-order valence-corrected chi connectivity index (χ1v) is 16.4. The lowest BCUT2D eigenvalue weighted by Gasteiger charge is -2.55. The smallest absolute Gasteiger partial charge is 0.371 e. The lowest BCUT2D eigenvalue weighted by atomic mass is 9.98. The molecule has 1 aromatic heterocycles. The number of amides is 4. The van der Waals surface area contributed by atoms with Gasteiger partial charge in [0.2, 0.25) is 11.8 Å². The number of nitrogens with two attached hydrogens (primary N) is 1. The van der Waals surface area contributed by atoms with Gasteiger partial charge in [0.1, 0.15) is 18.0 Å². The normalized spacial score (nSPS) is 18.7. The second-order valence-electron chi connectivity index (χ2n) is 11.3. The molecule has 2 aliphatic rings. The average Bonchev–Trinajstić information content (AvgIpc) is 3.53. The molecule has 244 valence electrons. The van der Waals surface area contributed by atoms with Crippen molar-refractivity contribution < 1.29 is 27.0 Å². The van der Waals surface area contributed by atoms with Crippen molar-refractivity contribution in [3.05, 3.63) is 108 Å². The Hall–Kier alpha value is -5.25. The Labute approximate surface area is 271 Å². The summed E-state index contributed by atoms with van der Waals surface area (Å²) in [4.78, 5) is 45.2. The minimum Gasteiger partial charge on any atom is -0.371 e. The van der Waals surface area contributed by atoms with E-state index in [1.165, 1.54) is 22.0 Å². The van der Waals surface area contributed by atoms with Crippen molar-refractivity contribution >= 4 is 39.1 Å². The van der Waals surface area contributed by atoms with Gasteiger partial charge in [-0.3, -0.25) is 14.7 Å². The molecule has 0 spiro atoms. The molecule has 4 aromatic rings. The number of carbonyl (C=O) groups is 3. The first kappa shape index (κ1) is 31.7. The maximum absolute atomic E-state index is 14.3. The van der Waals surface area contributed by atoms with E-state index in [1.807, 2.05) is 48.5 Å². The van der Waals surface area contributed by atoms with Crippen LogP contribution in [0.1, 0.15) is 16.7 Å². The number of hydrogen-bond acceptors (Lipinski definition) is 8. The fourth-order valence-electron chi connectivity index (χ4n) is 6.10. The van der Waals surface area contributed by atoms with E-state index in [4.69, 9.17) is 9.32 Å². The molecule has 0 saturated carbocycles. The van der Waals surface area contributed by atoms with Gasteiger partial charge in [0, 0.05) is 31.4 Å². The quantitative estimate of drug-likeness (QED) is 0.217. The minimum absolute atomic E-state index is 0.00811. The number of nitrogens with zero attached hydrogens (tertiary/aromatic N) is 5. The van der Waals surface area contributed by atoms with Crippen LogP contribution in [0, 0.1) is 0 Å². The van der Waals surface area contributed by atoms with Gasteiger partial charge in [-0.2, -0.15) is 18.7 Å². The van der Waals surface area contributed by atoms with Crippen molar-refractivity contribution in [1.82, 2.24) is 35.3 Å². The molecule has 4 N–H and O–H groups in total. The second kappa shape index (κ2) is 13.2. The fraction of sp³-hybridized carbons (Fsp3) is 0.250. The van der Waals surface area contributed by atoms with Crippen molar-refractivity contribution in [3.8, 4) is 5.75 Å². The maximum atomic E-state index is 14.3. The number of fused-ring (bicyclic) bond motifs is 2. The van der Waals surface area contributed by atoms with Gasteiger partial charge in [0.05, 0.1) is 24.8 Å². The van der Waals surface area contributed by atoms with Crippen molar-refractivity contribution in [3.63, 3.8) is 0 Å². The number of nitrogens with one attached hydrogen (secondary N) is 2. The van der Waals surface area contributed by atoms with Gasteiger partial charge in [-0.05, 0) is 28.8 Å². The maximum Gasteiger partial charge on any atom is 0.380 e. The molecule has 4 amide bonds. The molecule has 6 rings (SSSR count). The zero-order chi connectivity index (χ0) is 33.1. The molecule has 2 aliphatic heterocycles. The molecule has 0 unspecified atom stereocenters. The van der Waals surface area contributed by atoms with E-state index in [-0.39, 0.29) is 56.7 Å². The van der Waals surface area contributed by atoms with Gasteiger partial charge in [-0.25, -0.2) is 14.8 Å². The Morgan fingerprint density at radius 3 is 2.55 bits per heavy atom. The lowest BCUT2D eigenvalue weighted by molar-refractivity contribution is -0.189. The zero-order valence-corrected chi connectivity index (χ0v) is 26.2. The van der Waals surface area contributed by atoms with Gasteiger partial charge < -0.3 is 19.3 Å². The van der Waals surface area contributed by atoms with E-state index in [0.717, 1.165) is 22.0 Å². The van der Waals surface area contributed by atoms with E-state index in [9.17, 15) is 22.8 Å². The molecule has 2 saturated heterocycles. The number of hydrogen-bond donors (Lipinski definition) is 3. The van der Waals surface area contributed by atoms with Gasteiger partial charge in [0.25, 0.3) is 0 Å². The van der Waals surface area contributed by atoms with Crippen LogP contribution in [-0.2, 0) is 39.4 Å². The number of piperazine rings is 1. The molecule has 14 nitrogen and oxygen atoms in total. The number of rotatable bonds is 10. The van der Waals surface area contributed by atoms with Crippen LogP contribution in [-0.4, -0.2) is 88.1 Å². The molecule has 15 heteroatoms. The first-order chi connectivity index (χ1) is 22.6. The summed E-state index contributed by atoms with van der Waals surface area (Å²) in [6.45, 7) is 4.43. The summed E-state index contributed by atoms with van der Waals surface area (Å²) in [7, 11) is -4.22. The van der Waals surface area contributed by atoms with Crippen LogP contribution in [0.25, 0.3) is 10.9 Å². The lowest BCUT2D eigenvalue weighted by Crippen LogP contribution is -2.76. The summed E-state index contributed by atoms with van der Waals surface area (Å²) < 4.78 is 27.5. The number of para-hydroxylation sites is 1. The van der Waals surface area contributed by atoms with E-state index >= 15 is 0 Å². The topological polar surface area (TPSA) is 174 Å². The number of benzene rings is 3. The minimum atomic E-state index is -4.22. The number of aromatic nitrogens is 2. The van der Waals surface area contributed by atoms with Crippen LogP contribution < -0.4 is 14.6 Å². The van der Waals surface area contributed by atoms with Gasteiger partial charge in [-0.1, -0.05) is 66.7 Å². The second-order valence-corrected chi connectivity index (χ2v) is 12.5. The molecule has 0 radical (unpaired) electrons. The molecular formula is C32H34N8O6S. The molecular weight excluding hydrogens is 624 g/mol. The Morgan fingerprint density at radius 1 is 1.06 bits per heavy atom. The third-order valence-corrected chi connectivity index (χ3v) is 8.58. The summed E-state index contributed by atoms with van der Waals surface area (Å²) in [6, 6.07) is 19.8. The van der Waals surface area contributed by atoms with Crippen LogP contribution in [0.4, 0.5) is 4.79 Å². The molecule has 47 heavy (non-hydrogen) atoms. The Bertz CT molecular complexity index is 1900. The summed E-state index contributed by atoms with van der Waals surface area (Å²) >= 11 is 0. The zero-order valence-electron chi connectivity index (χ0n) is 25.4. The number of urea groups is 1. The molecule has 0 bridgehead atoms. The van der Waals surface area contributed by atoms with E-state index in [1.54, 1.807) is 34.3 Å². The average molecular weight is 659 g/mol. The number of hydrazine groups is 1. The third kappa shape index (κ3) is 6.96. The van der Waals surface area contributed by atoms with Crippen LogP contribution in [0.2, 0.25) is 0 Å². The summed E-state index contributed by atoms with van der Waals surface area (Å²) in [5.41, 5.74) is 3.16. The van der Waals surface area contributed by atoms with E-state index in [0.29, 0.717) is 5.56 Å². The van der Waals surface area contributed by atoms with Crippen molar-refractivity contribution in [2.45, 2.75) is 31.7 Å². The van der Waals surface area contributed by atoms with Crippen LogP contribution in [0.3, 0.4) is 0 Å². The van der Waals surface area contributed by atoms with E-state index < -0.39 is 28.5 Å². The Kier molecular flexibility index (Phi) is 8.93. The predicted molar refractivity (Wildman–Crippen MR) is 172 cm³/mol. The number of carbonyl (C=O) groups excluding carboxylic acids is 3. The summed E-state index contributed by atoms with van der Waals surface area (Å²) in [6.07, 6.45) is 2.59. The monoisotopic (exact) mass is 658 g/mol. The SMILES string of the molecule is C=CCN1CC(=O)N2[C@@H](Cc3ccc(OS(N)(=O)=O)cc3)C(=O)N(Cc3cccc4cn[nH]c34)C[C@@H]2N1C(=O)NCc1ccccc1. The highest BCUT2D eigenvalue weighted by molar-refractivity contribution is 7.84. The largest absolute Gasteiger partial charge is 0.380 e. The van der Waals surface area contributed by atoms with Gasteiger partial charge in [-0.15, -0.1) is 6.58 Å².